The number of ether oxygens (including phenoxy) is 7. The number of rotatable bonds is 20. The lowest BCUT2D eigenvalue weighted by molar-refractivity contribution is -0.289. The van der Waals surface area contributed by atoms with Crippen LogP contribution < -0.4 is 15.2 Å². The molecule has 0 saturated carbocycles. The number of aryl methyl sites for hydroxylation is 1. The molecule has 1 fully saturated rings. The molecule has 310 valence electrons. The van der Waals surface area contributed by atoms with Gasteiger partial charge in [-0.25, -0.2) is 0 Å². The largest absolute Gasteiger partial charge is 0.494 e. The van der Waals surface area contributed by atoms with Crippen molar-refractivity contribution >= 4 is 29.8 Å². The summed E-state index contributed by atoms with van der Waals surface area (Å²) in [5.74, 6) is -2.37. The van der Waals surface area contributed by atoms with Crippen LogP contribution in [0.4, 0.5) is 0 Å². The first kappa shape index (κ1) is 44.2. The predicted octanol–water partition coefficient (Wildman–Crippen LogP) is 4.04. The zero-order valence-electron chi connectivity index (χ0n) is 33.6. The molecule has 5 atom stereocenters. The zero-order valence-corrected chi connectivity index (χ0v) is 33.6. The van der Waals surface area contributed by atoms with Crippen LogP contribution in [0.5, 0.6) is 11.6 Å². The van der Waals surface area contributed by atoms with E-state index in [2.05, 4.69) is 27.2 Å². The Kier molecular flexibility index (Phi) is 16.4. The highest BCUT2D eigenvalue weighted by Gasteiger charge is 2.53. The molecule has 1 aliphatic heterocycles. The number of nitrogens with one attached hydrogen (secondary N) is 1. The molecule has 0 bridgehead atoms. The Morgan fingerprint density at radius 1 is 0.877 bits per heavy atom. The monoisotopic (exact) mass is 794 g/mol. The summed E-state index contributed by atoms with van der Waals surface area (Å²) < 4.78 is 40.5. The molecule has 16 nitrogen and oxygen atoms in total. The van der Waals surface area contributed by atoms with Crippen molar-refractivity contribution in [2.24, 2.45) is 5.73 Å². The van der Waals surface area contributed by atoms with Crippen molar-refractivity contribution in [1.29, 1.82) is 0 Å². The van der Waals surface area contributed by atoms with Gasteiger partial charge in [0, 0.05) is 71.4 Å². The van der Waals surface area contributed by atoms with Gasteiger partial charge in [-0.1, -0.05) is 50.2 Å². The number of carbonyl (C=O) groups is 5. The van der Waals surface area contributed by atoms with Crippen LogP contribution in [0, 0.1) is 6.92 Å². The molecule has 0 radical (unpaired) electrons. The van der Waals surface area contributed by atoms with E-state index in [1.54, 1.807) is 0 Å². The van der Waals surface area contributed by atoms with E-state index in [0.29, 0.717) is 37.4 Å². The van der Waals surface area contributed by atoms with Gasteiger partial charge in [-0.3, -0.25) is 34.0 Å². The van der Waals surface area contributed by atoms with Crippen molar-refractivity contribution in [3.8, 4) is 11.6 Å². The van der Waals surface area contributed by atoms with E-state index in [9.17, 15) is 24.0 Å². The highest BCUT2D eigenvalue weighted by atomic mass is 16.7. The number of nitrogens with zero attached hydrogens (tertiary/aromatic N) is 2. The summed E-state index contributed by atoms with van der Waals surface area (Å²) in [4.78, 5) is 62.2. The molecule has 1 unspecified atom stereocenters. The number of aromatic nitrogens is 2. The Balaban J connectivity index is 1.52. The summed E-state index contributed by atoms with van der Waals surface area (Å²) in [7, 11) is 0. The Morgan fingerprint density at radius 3 is 2.16 bits per heavy atom. The van der Waals surface area contributed by atoms with Gasteiger partial charge in [0.2, 0.25) is 24.2 Å². The zero-order chi connectivity index (χ0) is 41.6. The van der Waals surface area contributed by atoms with Crippen molar-refractivity contribution in [3.63, 3.8) is 0 Å². The lowest BCUT2D eigenvalue weighted by atomic mass is 9.96. The van der Waals surface area contributed by atoms with Crippen LogP contribution in [0.3, 0.4) is 0 Å². The third-order valence-electron chi connectivity index (χ3n) is 9.11. The Labute approximate surface area is 332 Å². The van der Waals surface area contributed by atoms with Crippen LogP contribution in [-0.4, -0.2) is 102 Å². The lowest BCUT2D eigenvalue weighted by Gasteiger charge is -2.43. The number of hydrogen-bond donors (Lipinski definition) is 2. The van der Waals surface area contributed by atoms with Gasteiger partial charge in [0.1, 0.15) is 18.5 Å². The maximum Gasteiger partial charge on any atom is 0.303 e. The van der Waals surface area contributed by atoms with Gasteiger partial charge in [-0.15, -0.1) is 5.10 Å². The second kappa shape index (κ2) is 21.2. The van der Waals surface area contributed by atoms with Gasteiger partial charge in [-0.05, 0) is 48.1 Å². The van der Waals surface area contributed by atoms with Gasteiger partial charge < -0.3 is 38.9 Å². The summed E-state index contributed by atoms with van der Waals surface area (Å²) >= 11 is 0. The number of amides is 1. The van der Waals surface area contributed by atoms with E-state index in [1.165, 1.54) is 6.92 Å². The molecule has 1 amide bonds. The average Bonchev–Trinajstić information content (AvgIpc) is 3.53. The molecule has 1 aliphatic rings. The van der Waals surface area contributed by atoms with Crippen LogP contribution in [0.2, 0.25) is 0 Å². The molecule has 16 heteroatoms. The van der Waals surface area contributed by atoms with Gasteiger partial charge in [0.05, 0.1) is 6.61 Å². The number of H-pyrrole nitrogens is 1. The Morgan fingerprint density at radius 2 is 1.54 bits per heavy atom. The molecule has 2 heterocycles. The standard InChI is InChI=1S/C41H54N4O12/c1-24(2)36-33(21-31-14-15-32(20-25(31)3)51-19-11-17-45(18-16-35(42)50)22-30-12-9-8-10-13-30)40(44-43-36)57-41-39(55-29(7)49)38(54-28(6)48)37(53-27(5)47)34(56-41)23-52-26(4)46/h8-10,12-15,20,24,34,37-39,41H,11,16-19,21-23H2,1-7H3,(H2,42,50)(H,43,44)/t34-,37+,38+,39-,41?/m1/s1. The molecular formula is C41H54N4O12. The summed E-state index contributed by atoms with van der Waals surface area (Å²) in [5, 5.41) is 7.51. The quantitative estimate of drug-likeness (QED) is 0.0941. The van der Waals surface area contributed by atoms with Crippen molar-refractivity contribution in [3.05, 3.63) is 76.5 Å². The third-order valence-corrected chi connectivity index (χ3v) is 9.11. The SMILES string of the molecule is CC(=O)OC[C@H]1OC(Oc2n[nH]c(C(C)C)c2Cc2ccc(OCCCN(CCC(N)=O)Cc3ccccc3)cc2C)[C@H](OC(C)=O)[C@@H](OC(C)=O)[C@H]1OC(C)=O. The van der Waals surface area contributed by atoms with Gasteiger partial charge in [0.25, 0.3) is 0 Å². The lowest BCUT2D eigenvalue weighted by Crippen LogP contribution is -2.63. The van der Waals surface area contributed by atoms with Crippen LogP contribution >= 0.6 is 0 Å². The first-order chi connectivity index (χ1) is 27.1. The molecule has 0 aliphatic carbocycles. The van der Waals surface area contributed by atoms with Gasteiger partial charge in [-0.2, -0.15) is 0 Å². The normalized spacial score (nSPS) is 19.1. The fourth-order valence-electron chi connectivity index (χ4n) is 6.51. The van der Waals surface area contributed by atoms with Gasteiger partial charge >= 0.3 is 23.9 Å². The number of carbonyl (C=O) groups excluding carboxylic acids is 5. The predicted molar refractivity (Wildman–Crippen MR) is 205 cm³/mol. The molecule has 3 aromatic rings. The third kappa shape index (κ3) is 13.6. The Bertz CT molecular complexity index is 1830. The fourth-order valence-corrected chi connectivity index (χ4v) is 6.51. The van der Waals surface area contributed by atoms with E-state index in [0.717, 1.165) is 56.1 Å². The van der Waals surface area contributed by atoms with E-state index in [4.69, 9.17) is 38.9 Å². The topological polar surface area (TPSA) is 208 Å². The van der Waals surface area contributed by atoms with Crippen LogP contribution in [0.25, 0.3) is 0 Å². The van der Waals surface area contributed by atoms with Gasteiger partial charge in [0.15, 0.2) is 12.2 Å². The minimum Gasteiger partial charge on any atom is -0.494 e. The van der Waals surface area contributed by atoms with Crippen LogP contribution in [0.15, 0.2) is 48.5 Å². The number of aromatic amines is 1. The van der Waals surface area contributed by atoms with E-state index in [-0.39, 0.29) is 24.1 Å². The molecule has 2 aromatic carbocycles. The smallest absolute Gasteiger partial charge is 0.303 e. The fraction of sp³-hybridized carbons (Fsp3) is 0.512. The van der Waals surface area contributed by atoms with E-state index < -0.39 is 61.2 Å². The number of hydrogen-bond acceptors (Lipinski definition) is 14. The molecule has 0 spiro atoms. The first-order valence-electron chi connectivity index (χ1n) is 18.9. The molecule has 4 rings (SSSR count). The second-order valence-corrected chi connectivity index (χ2v) is 14.2. The number of esters is 4. The molecule has 1 aromatic heterocycles. The van der Waals surface area contributed by atoms with Crippen molar-refractivity contribution < 1.29 is 57.1 Å². The summed E-state index contributed by atoms with van der Waals surface area (Å²) in [6.07, 6.45) is -5.35. The Hall–Kier alpha value is -5.48. The molecule has 3 N–H and O–H groups in total. The van der Waals surface area contributed by atoms with Crippen LogP contribution in [0.1, 0.15) is 88.2 Å². The van der Waals surface area contributed by atoms with Crippen molar-refractivity contribution in [1.82, 2.24) is 15.1 Å². The summed E-state index contributed by atoms with van der Waals surface area (Å²) in [5.41, 5.74) is 9.96. The minimum atomic E-state index is -1.44. The minimum absolute atomic E-state index is 0.00686. The summed E-state index contributed by atoms with van der Waals surface area (Å²) in [6, 6.07) is 15.9. The number of benzene rings is 2. The average molecular weight is 795 g/mol. The maximum atomic E-state index is 12.4. The first-order valence-corrected chi connectivity index (χ1v) is 18.9. The summed E-state index contributed by atoms with van der Waals surface area (Å²) in [6.45, 7) is 12.7. The highest BCUT2D eigenvalue weighted by Crippen LogP contribution is 2.35. The van der Waals surface area contributed by atoms with Crippen molar-refractivity contribution in [2.75, 3.05) is 26.3 Å². The van der Waals surface area contributed by atoms with Crippen molar-refractivity contribution in [2.45, 2.75) is 111 Å². The van der Waals surface area contributed by atoms with Crippen LogP contribution in [-0.2, 0) is 60.6 Å². The highest BCUT2D eigenvalue weighted by molar-refractivity contribution is 5.73. The van der Waals surface area contributed by atoms with E-state index in [1.807, 2.05) is 57.2 Å². The number of nitrogens with two attached hydrogens (primary N) is 1. The molecular weight excluding hydrogens is 740 g/mol. The number of primary amides is 1. The maximum absolute atomic E-state index is 12.4. The van der Waals surface area contributed by atoms with E-state index >= 15 is 0 Å². The molecule has 1 saturated heterocycles. The molecule has 57 heavy (non-hydrogen) atoms. The second-order valence-electron chi connectivity index (χ2n) is 14.2.